The van der Waals surface area contributed by atoms with Crippen LogP contribution in [0.3, 0.4) is 0 Å². The standard InChI is InChI=1S/C54H89NO5/c1-4-7-10-13-16-19-22-24-25-26-27-29-32-35-38-41-44-47-54(59)60-50(45-42-39-36-33-30-21-18-15-12-9-6-3)48-53(58)55-51(49-56)52(57)46-43-40-37-34-31-28-23-20-17-14-11-8-5-2/h7,9-10,12,15-16,18-19,21,24-25,27,29-30,33,35-36,38,50-52,56-57H,4-6,8,11,13-14,17,20,22-23,26,28,31-32,34,37,39-49H2,1-3H3,(H,55,58)/b10-7-,12-9+,18-15+,19-16-,25-24-,29-27-,30-21-,36-33-,38-35-. The summed E-state index contributed by atoms with van der Waals surface area (Å²) in [4.78, 5) is 26.0. The van der Waals surface area contributed by atoms with Crippen molar-refractivity contribution in [1.29, 1.82) is 0 Å². The predicted octanol–water partition coefficient (Wildman–Crippen LogP) is 14.3. The van der Waals surface area contributed by atoms with Gasteiger partial charge in [0.25, 0.3) is 0 Å². The molecule has 0 saturated heterocycles. The Morgan fingerprint density at radius 2 is 0.983 bits per heavy atom. The van der Waals surface area contributed by atoms with Crippen molar-refractivity contribution in [3.63, 3.8) is 0 Å². The Morgan fingerprint density at radius 3 is 1.52 bits per heavy atom. The van der Waals surface area contributed by atoms with Crippen molar-refractivity contribution in [2.24, 2.45) is 0 Å². The average molecular weight is 832 g/mol. The second kappa shape index (κ2) is 46.6. The van der Waals surface area contributed by atoms with E-state index >= 15 is 0 Å². The van der Waals surface area contributed by atoms with Gasteiger partial charge >= 0.3 is 5.97 Å². The fourth-order valence-corrected chi connectivity index (χ4v) is 6.60. The summed E-state index contributed by atoms with van der Waals surface area (Å²) in [5.74, 6) is -0.624. The second-order valence-electron chi connectivity index (χ2n) is 15.8. The molecule has 340 valence electrons. The molecule has 0 fully saturated rings. The molecule has 0 saturated carbocycles. The van der Waals surface area contributed by atoms with E-state index in [0.29, 0.717) is 19.3 Å². The number of unbranched alkanes of at least 4 members (excludes halogenated alkanes) is 14. The molecule has 1 amide bonds. The maximum Gasteiger partial charge on any atom is 0.306 e. The van der Waals surface area contributed by atoms with E-state index in [1.807, 2.05) is 36.5 Å². The highest BCUT2D eigenvalue weighted by Crippen LogP contribution is 2.16. The minimum atomic E-state index is -0.820. The van der Waals surface area contributed by atoms with Gasteiger partial charge in [-0.3, -0.25) is 9.59 Å². The molecule has 0 aromatic rings. The number of amides is 1. The predicted molar refractivity (Wildman–Crippen MR) is 259 cm³/mol. The van der Waals surface area contributed by atoms with Gasteiger partial charge in [-0.25, -0.2) is 0 Å². The van der Waals surface area contributed by atoms with Crippen LogP contribution in [0.1, 0.15) is 194 Å². The highest BCUT2D eigenvalue weighted by atomic mass is 16.5. The van der Waals surface area contributed by atoms with Gasteiger partial charge < -0.3 is 20.3 Å². The molecule has 0 aliphatic carbocycles. The number of hydrogen-bond acceptors (Lipinski definition) is 5. The third-order valence-corrected chi connectivity index (χ3v) is 10.2. The number of nitrogens with one attached hydrogen (secondary N) is 1. The van der Waals surface area contributed by atoms with Gasteiger partial charge in [-0.2, -0.15) is 0 Å². The third-order valence-electron chi connectivity index (χ3n) is 10.2. The summed E-state index contributed by atoms with van der Waals surface area (Å²) in [7, 11) is 0. The molecule has 0 aromatic carbocycles. The first-order valence-electron chi connectivity index (χ1n) is 24.2. The molecule has 0 heterocycles. The Kier molecular flexibility index (Phi) is 43.9. The minimum Gasteiger partial charge on any atom is -0.462 e. The molecule has 0 rings (SSSR count). The number of carbonyl (C=O) groups is 2. The summed E-state index contributed by atoms with van der Waals surface area (Å²) in [6.07, 6.45) is 63.0. The van der Waals surface area contributed by atoms with E-state index in [9.17, 15) is 19.8 Å². The van der Waals surface area contributed by atoms with E-state index in [0.717, 1.165) is 77.0 Å². The molecular formula is C54H89NO5. The van der Waals surface area contributed by atoms with Gasteiger partial charge in [-0.15, -0.1) is 0 Å². The van der Waals surface area contributed by atoms with Crippen molar-refractivity contribution in [3.05, 3.63) is 109 Å². The van der Waals surface area contributed by atoms with Crippen LogP contribution in [0.5, 0.6) is 0 Å². The van der Waals surface area contributed by atoms with Crippen molar-refractivity contribution >= 4 is 11.9 Å². The molecule has 0 radical (unpaired) electrons. The van der Waals surface area contributed by atoms with Crippen LogP contribution < -0.4 is 5.32 Å². The second-order valence-corrected chi connectivity index (χ2v) is 15.8. The van der Waals surface area contributed by atoms with E-state index < -0.39 is 18.2 Å². The SMILES string of the molecule is CC/C=C\C/C=C\C/C=C\C/C=C\C/C=C\CCCC(=O)OC(CCC\C=C/C=C\C=C\C=C\CC)CC(=O)NC(CO)C(O)CCCCCCCCCCCCCCC. The van der Waals surface area contributed by atoms with Crippen molar-refractivity contribution in [1.82, 2.24) is 5.32 Å². The quantitative estimate of drug-likeness (QED) is 0.0247. The number of ether oxygens (including phenoxy) is 1. The van der Waals surface area contributed by atoms with Gasteiger partial charge in [0.2, 0.25) is 5.91 Å². The van der Waals surface area contributed by atoms with Crippen LogP contribution in [-0.2, 0) is 14.3 Å². The number of aliphatic hydroxyl groups excluding tert-OH is 2. The summed E-state index contributed by atoms with van der Waals surface area (Å²) >= 11 is 0. The van der Waals surface area contributed by atoms with E-state index in [1.165, 1.54) is 64.2 Å². The van der Waals surface area contributed by atoms with Crippen LogP contribution >= 0.6 is 0 Å². The van der Waals surface area contributed by atoms with Gasteiger partial charge in [-0.05, 0) is 77.0 Å². The largest absolute Gasteiger partial charge is 0.462 e. The van der Waals surface area contributed by atoms with Crippen LogP contribution in [0.25, 0.3) is 0 Å². The maximum absolute atomic E-state index is 13.1. The molecule has 3 unspecified atom stereocenters. The number of allylic oxidation sites excluding steroid dienone is 18. The lowest BCUT2D eigenvalue weighted by Crippen LogP contribution is -2.46. The van der Waals surface area contributed by atoms with E-state index in [1.54, 1.807) is 0 Å². The maximum atomic E-state index is 13.1. The fourth-order valence-electron chi connectivity index (χ4n) is 6.60. The van der Waals surface area contributed by atoms with E-state index in [4.69, 9.17) is 4.74 Å². The molecule has 3 N–H and O–H groups in total. The Labute approximate surface area is 368 Å². The Hall–Kier alpha value is -3.48. The first-order valence-corrected chi connectivity index (χ1v) is 24.2. The summed E-state index contributed by atoms with van der Waals surface area (Å²) < 4.78 is 5.84. The Morgan fingerprint density at radius 1 is 0.517 bits per heavy atom. The average Bonchev–Trinajstić information content (AvgIpc) is 3.24. The van der Waals surface area contributed by atoms with Gasteiger partial charge in [0.15, 0.2) is 0 Å². The molecule has 0 bridgehead atoms. The summed E-state index contributed by atoms with van der Waals surface area (Å²) in [6, 6.07) is -0.740. The molecule has 60 heavy (non-hydrogen) atoms. The van der Waals surface area contributed by atoms with Crippen LogP contribution in [0, 0.1) is 0 Å². The van der Waals surface area contributed by atoms with Crippen LogP contribution in [0.15, 0.2) is 109 Å². The lowest BCUT2D eigenvalue weighted by Gasteiger charge is -2.24. The third kappa shape index (κ3) is 41.3. The molecule has 0 spiro atoms. The monoisotopic (exact) mass is 832 g/mol. The van der Waals surface area contributed by atoms with E-state index in [2.05, 4.69) is 99.0 Å². The van der Waals surface area contributed by atoms with Crippen LogP contribution in [0.4, 0.5) is 0 Å². The molecule has 6 heteroatoms. The zero-order valence-corrected chi connectivity index (χ0v) is 38.5. The van der Waals surface area contributed by atoms with Gasteiger partial charge in [0.05, 0.1) is 25.2 Å². The number of aliphatic hydroxyl groups is 2. The highest BCUT2D eigenvalue weighted by molar-refractivity contribution is 5.77. The van der Waals surface area contributed by atoms with Crippen molar-refractivity contribution in [2.45, 2.75) is 212 Å². The molecule has 0 aromatic heterocycles. The van der Waals surface area contributed by atoms with Gasteiger partial charge in [-0.1, -0.05) is 214 Å². The number of rotatable bonds is 41. The van der Waals surface area contributed by atoms with Crippen LogP contribution in [-0.4, -0.2) is 46.9 Å². The lowest BCUT2D eigenvalue weighted by atomic mass is 10.0. The van der Waals surface area contributed by atoms with Crippen molar-refractivity contribution in [2.75, 3.05) is 6.61 Å². The summed E-state index contributed by atoms with van der Waals surface area (Å²) in [6.45, 7) is 6.17. The first-order chi connectivity index (χ1) is 29.5. The Bertz CT molecular complexity index is 1250. The van der Waals surface area contributed by atoms with E-state index in [-0.39, 0.29) is 31.3 Å². The summed E-state index contributed by atoms with van der Waals surface area (Å²) in [5.41, 5.74) is 0. The van der Waals surface area contributed by atoms with Crippen molar-refractivity contribution in [3.8, 4) is 0 Å². The van der Waals surface area contributed by atoms with Gasteiger partial charge in [0, 0.05) is 6.42 Å². The molecule has 6 nitrogen and oxygen atoms in total. The smallest absolute Gasteiger partial charge is 0.306 e. The number of hydrogen-bond donors (Lipinski definition) is 3. The zero-order valence-electron chi connectivity index (χ0n) is 38.5. The normalized spacial score (nSPS) is 14.3. The number of carbonyl (C=O) groups excluding carboxylic acids is 2. The van der Waals surface area contributed by atoms with Gasteiger partial charge in [0.1, 0.15) is 6.10 Å². The molecule has 0 aliphatic rings. The van der Waals surface area contributed by atoms with Crippen molar-refractivity contribution < 1.29 is 24.5 Å². The molecule has 0 aliphatic heterocycles. The minimum absolute atomic E-state index is 0.00214. The zero-order chi connectivity index (χ0) is 43.8. The summed E-state index contributed by atoms with van der Waals surface area (Å²) in [5, 5.41) is 23.7. The molecule has 3 atom stereocenters. The topological polar surface area (TPSA) is 95.9 Å². The number of esters is 1. The fraction of sp³-hybridized carbons (Fsp3) is 0.630. The Balaban J connectivity index is 4.74. The van der Waals surface area contributed by atoms with Crippen LogP contribution in [0.2, 0.25) is 0 Å². The highest BCUT2D eigenvalue weighted by Gasteiger charge is 2.23. The first kappa shape index (κ1) is 56.5. The molecular weight excluding hydrogens is 743 g/mol. The lowest BCUT2D eigenvalue weighted by molar-refractivity contribution is -0.151.